The zero-order valence-corrected chi connectivity index (χ0v) is 11.9. The Kier molecular flexibility index (Phi) is 3.30. The Bertz CT molecular complexity index is 680. The van der Waals surface area contributed by atoms with E-state index < -0.39 is 0 Å². The van der Waals surface area contributed by atoms with Crippen molar-refractivity contribution >= 4 is 38.2 Å². The largest absolute Gasteiger partial charge is 0.486 e. The van der Waals surface area contributed by atoms with Crippen LogP contribution in [0.5, 0.6) is 5.75 Å². The van der Waals surface area contributed by atoms with E-state index in [1.165, 1.54) is 4.88 Å². The number of aromatic nitrogens is 1. The molecule has 0 amide bonds. The van der Waals surface area contributed by atoms with Crippen LogP contribution in [0.2, 0.25) is 0 Å². The van der Waals surface area contributed by atoms with Crippen LogP contribution in [0.25, 0.3) is 10.9 Å². The van der Waals surface area contributed by atoms with E-state index in [1.54, 1.807) is 17.5 Å². The summed E-state index contributed by atoms with van der Waals surface area (Å²) < 4.78 is 6.84. The second-order valence-electron chi connectivity index (χ2n) is 3.88. The number of fused-ring (bicyclic) bond motifs is 1. The highest BCUT2D eigenvalue weighted by atomic mass is 79.9. The van der Waals surface area contributed by atoms with Crippen molar-refractivity contribution in [2.45, 2.75) is 6.61 Å². The molecule has 1 aromatic carbocycles. The van der Waals surface area contributed by atoms with Gasteiger partial charge >= 0.3 is 0 Å². The molecule has 0 aliphatic rings. The second-order valence-corrected chi connectivity index (χ2v) is 5.80. The fourth-order valence-electron chi connectivity index (χ4n) is 1.71. The van der Waals surface area contributed by atoms with Crippen LogP contribution in [0, 0.1) is 0 Å². The van der Waals surface area contributed by atoms with Crippen molar-refractivity contribution in [2.24, 2.45) is 0 Å². The summed E-state index contributed by atoms with van der Waals surface area (Å²) in [6.45, 7) is 0.580. The van der Waals surface area contributed by atoms with E-state index >= 15 is 0 Å². The molecule has 0 saturated carbocycles. The highest BCUT2D eigenvalue weighted by Crippen LogP contribution is 2.23. The molecule has 0 radical (unpaired) electrons. The summed E-state index contributed by atoms with van der Waals surface area (Å²) >= 11 is 5.11. The van der Waals surface area contributed by atoms with Gasteiger partial charge < -0.3 is 4.74 Å². The van der Waals surface area contributed by atoms with Crippen molar-refractivity contribution in [2.75, 3.05) is 0 Å². The van der Waals surface area contributed by atoms with E-state index in [1.807, 2.05) is 30.3 Å². The van der Waals surface area contributed by atoms with Gasteiger partial charge in [-0.1, -0.05) is 18.2 Å². The van der Waals surface area contributed by atoms with E-state index in [0.717, 1.165) is 21.1 Å². The molecule has 2 heterocycles. The summed E-state index contributed by atoms with van der Waals surface area (Å²) in [6, 6.07) is 12.1. The summed E-state index contributed by atoms with van der Waals surface area (Å²) in [5, 5.41) is 3.15. The minimum Gasteiger partial charge on any atom is -0.486 e. The summed E-state index contributed by atoms with van der Waals surface area (Å²) in [6.07, 6.45) is 1.77. The van der Waals surface area contributed by atoms with Crippen LogP contribution < -0.4 is 4.74 Å². The van der Waals surface area contributed by atoms with Gasteiger partial charge in [0, 0.05) is 20.1 Å². The second kappa shape index (κ2) is 5.08. The normalized spacial score (nSPS) is 10.7. The van der Waals surface area contributed by atoms with Crippen LogP contribution in [0.1, 0.15) is 4.88 Å². The number of thiophene rings is 1. The topological polar surface area (TPSA) is 22.1 Å². The third-order valence-corrected chi connectivity index (χ3v) is 4.24. The van der Waals surface area contributed by atoms with Gasteiger partial charge in [-0.25, -0.2) is 0 Å². The van der Waals surface area contributed by atoms with Crippen molar-refractivity contribution in [3.8, 4) is 5.75 Å². The number of rotatable bonds is 3. The van der Waals surface area contributed by atoms with Crippen LogP contribution in [-0.2, 0) is 6.61 Å². The molecule has 0 unspecified atom stereocenters. The maximum absolute atomic E-state index is 5.74. The Labute approximate surface area is 117 Å². The summed E-state index contributed by atoms with van der Waals surface area (Å²) in [4.78, 5) is 5.56. The van der Waals surface area contributed by atoms with Gasteiger partial charge in [0.1, 0.15) is 12.4 Å². The minimum atomic E-state index is 0.580. The molecule has 0 atom stereocenters. The van der Waals surface area contributed by atoms with Gasteiger partial charge in [-0.05, 0) is 34.1 Å². The SMILES string of the molecule is Brc1csc(COc2cnc3ccccc3c2)c1. The van der Waals surface area contributed by atoms with Crippen molar-refractivity contribution in [3.63, 3.8) is 0 Å². The fraction of sp³-hybridized carbons (Fsp3) is 0.0714. The first kappa shape index (κ1) is 11.7. The van der Waals surface area contributed by atoms with Crippen LogP contribution in [-0.4, -0.2) is 4.98 Å². The van der Waals surface area contributed by atoms with Crippen molar-refractivity contribution in [3.05, 3.63) is 57.3 Å². The molecule has 0 fully saturated rings. The van der Waals surface area contributed by atoms with Gasteiger partial charge in [0.05, 0.1) is 11.7 Å². The number of hydrogen-bond acceptors (Lipinski definition) is 3. The molecule has 0 aliphatic carbocycles. The van der Waals surface area contributed by atoms with Crippen LogP contribution in [0.3, 0.4) is 0 Å². The van der Waals surface area contributed by atoms with E-state index in [2.05, 4.69) is 32.4 Å². The number of para-hydroxylation sites is 1. The molecule has 0 saturated heterocycles. The molecule has 0 spiro atoms. The molecular weight excluding hydrogens is 310 g/mol. The van der Waals surface area contributed by atoms with Crippen molar-refractivity contribution in [1.29, 1.82) is 0 Å². The lowest BCUT2D eigenvalue weighted by atomic mass is 10.2. The van der Waals surface area contributed by atoms with Gasteiger partial charge in [0.2, 0.25) is 0 Å². The van der Waals surface area contributed by atoms with E-state index in [-0.39, 0.29) is 0 Å². The first-order valence-electron chi connectivity index (χ1n) is 5.52. The smallest absolute Gasteiger partial charge is 0.138 e. The van der Waals surface area contributed by atoms with Crippen LogP contribution in [0.4, 0.5) is 0 Å². The molecule has 2 aromatic heterocycles. The molecule has 3 rings (SSSR count). The molecule has 3 aromatic rings. The average Bonchev–Trinajstić information content (AvgIpc) is 2.82. The third-order valence-electron chi connectivity index (χ3n) is 2.57. The molecule has 90 valence electrons. The van der Waals surface area contributed by atoms with Gasteiger partial charge in [-0.15, -0.1) is 11.3 Å². The average molecular weight is 320 g/mol. The molecule has 2 nitrogen and oxygen atoms in total. The van der Waals surface area contributed by atoms with Crippen LogP contribution >= 0.6 is 27.3 Å². The van der Waals surface area contributed by atoms with E-state index in [4.69, 9.17) is 4.74 Å². The molecule has 18 heavy (non-hydrogen) atoms. The monoisotopic (exact) mass is 319 g/mol. The van der Waals surface area contributed by atoms with E-state index in [0.29, 0.717) is 6.61 Å². The third kappa shape index (κ3) is 2.54. The number of halogens is 1. The van der Waals surface area contributed by atoms with Crippen molar-refractivity contribution < 1.29 is 4.74 Å². The lowest BCUT2D eigenvalue weighted by Gasteiger charge is -2.05. The van der Waals surface area contributed by atoms with E-state index in [9.17, 15) is 0 Å². The quantitative estimate of drug-likeness (QED) is 0.701. The molecule has 0 bridgehead atoms. The Balaban J connectivity index is 1.78. The highest BCUT2D eigenvalue weighted by molar-refractivity contribution is 9.10. The van der Waals surface area contributed by atoms with Gasteiger partial charge in [-0.2, -0.15) is 0 Å². The molecular formula is C14H10BrNOS. The summed E-state index contributed by atoms with van der Waals surface area (Å²) in [5.74, 6) is 0.804. The van der Waals surface area contributed by atoms with Crippen molar-refractivity contribution in [1.82, 2.24) is 4.98 Å². The first-order chi connectivity index (χ1) is 8.81. The molecule has 0 N–H and O–H groups in total. The standard InChI is InChI=1S/C14H10BrNOS/c15-11-6-13(18-9-11)8-17-12-5-10-3-1-2-4-14(10)16-7-12/h1-7,9H,8H2. The Morgan fingerprint density at radius 3 is 2.94 bits per heavy atom. The fourth-order valence-corrected chi connectivity index (χ4v) is 3.08. The van der Waals surface area contributed by atoms with Crippen LogP contribution in [0.15, 0.2) is 52.4 Å². The number of nitrogens with zero attached hydrogens (tertiary/aromatic N) is 1. The first-order valence-corrected chi connectivity index (χ1v) is 7.19. The minimum absolute atomic E-state index is 0.580. The maximum Gasteiger partial charge on any atom is 0.138 e. The zero-order valence-electron chi connectivity index (χ0n) is 9.47. The number of ether oxygens (including phenoxy) is 1. The number of pyridine rings is 1. The predicted octanol–water partition coefficient (Wildman–Crippen LogP) is 4.64. The van der Waals surface area contributed by atoms with Gasteiger partial charge in [0.25, 0.3) is 0 Å². The summed E-state index contributed by atoms with van der Waals surface area (Å²) in [5.41, 5.74) is 0.990. The number of benzene rings is 1. The lowest BCUT2D eigenvalue weighted by molar-refractivity contribution is 0.309. The van der Waals surface area contributed by atoms with Gasteiger partial charge in [-0.3, -0.25) is 4.98 Å². The Morgan fingerprint density at radius 2 is 2.11 bits per heavy atom. The maximum atomic E-state index is 5.74. The summed E-state index contributed by atoms with van der Waals surface area (Å²) in [7, 11) is 0. The molecule has 0 aliphatic heterocycles. The predicted molar refractivity (Wildman–Crippen MR) is 78.1 cm³/mol. The lowest BCUT2D eigenvalue weighted by Crippen LogP contribution is -1.93. The zero-order chi connectivity index (χ0) is 12.4. The Hall–Kier alpha value is -1.39. The van der Waals surface area contributed by atoms with Gasteiger partial charge in [0.15, 0.2) is 0 Å². The highest BCUT2D eigenvalue weighted by Gasteiger charge is 2.01. The molecule has 4 heteroatoms. The Morgan fingerprint density at radius 1 is 1.22 bits per heavy atom. The number of hydrogen-bond donors (Lipinski definition) is 0.